The summed E-state index contributed by atoms with van der Waals surface area (Å²) in [4.78, 5) is 4.79. The van der Waals surface area contributed by atoms with Crippen molar-refractivity contribution in [2.45, 2.75) is 20.1 Å². The number of thiazole rings is 1. The number of fused-ring (bicyclic) bond motifs is 1. The number of hydrogen-bond donors (Lipinski definition) is 1. The van der Waals surface area contributed by atoms with Crippen molar-refractivity contribution in [3.05, 3.63) is 111 Å². The van der Waals surface area contributed by atoms with E-state index in [1.807, 2.05) is 18.2 Å². The van der Waals surface area contributed by atoms with Crippen LogP contribution >= 0.6 is 43.2 Å². The molecule has 0 saturated carbocycles. The van der Waals surface area contributed by atoms with Gasteiger partial charge in [-0.15, -0.1) is 11.3 Å². The van der Waals surface area contributed by atoms with E-state index in [-0.39, 0.29) is 0 Å². The standard InChI is InChI=1S/C28H22Br2N2OS/c1-18-7-12-25-26(13-18)34-28(32-25)21-8-10-22(11-9-21)31-16-20-14-23(29)27(24(30)15-20)33-17-19-5-3-2-4-6-19/h2-15,31H,16-17H2,1H3. The molecule has 4 aromatic carbocycles. The first kappa shape index (κ1) is 23.1. The lowest BCUT2D eigenvalue weighted by atomic mass is 10.2. The second-order valence-electron chi connectivity index (χ2n) is 8.08. The summed E-state index contributed by atoms with van der Waals surface area (Å²) in [5.41, 5.74) is 6.80. The molecule has 0 unspecified atom stereocenters. The molecule has 1 heterocycles. The van der Waals surface area contributed by atoms with Crippen molar-refractivity contribution in [2.24, 2.45) is 0 Å². The topological polar surface area (TPSA) is 34.2 Å². The summed E-state index contributed by atoms with van der Waals surface area (Å²) in [5, 5.41) is 4.55. The summed E-state index contributed by atoms with van der Waals surface area (Å²) in [6, 6.07) is 29.2. The van der Waals surface area contributed by atoms with Crippen LogP contribution in [0.2, 0.25) is 0 Å². The van der Waals surface area contributed by atoms with Crippen LogP contribution in [-0.2, 0) is 13.2 Å². The molecule has 0 aliphatic carbocycles. The summed E-state index contributed by atoms with van der Waals surface area (Å²) < 4.78 is 9.12. The Balaban J connectivity index is 1.23. The van der Waals surface area contributed by atoms with Crippen LogP contribution in [0.4, 0.5) is 5.69 Å². The van der Waals surface area contributed by atoms with Gasteiger partial charge in [0.2, 0.25) is 0 Å². The fourth-order valence-electron chi connectivity index (χ4n) is 3.67. The van der Waals surface area contributed by atoms with Gasteiger partial charge in [-0.2, -0.15) is 0 Å². The Labute approximate surface area is 220 Å². The zero-order valence-electron chi connectivity index (χ0n) is 18.5. The second kappa shape index (κ2) is 10.3. The number of aryl methyl sites for hydroxylation is 1. The van der Waals surface area contributed by atoms with Crippen LogP contribution in [-0.4, -0.2) is 4.98 Å². The predicted octanol–water partition coefficient (Wildman–Crippen LogP) is 8.99. The molecular formula is C28H22Br2N2OS. The highest BCUT2D eigenvalue weighted by atomic mass is 79.9. The lowest BCUT2D eigenvalue weighted by Gasteiger charge is -2.13. The van der Waals surface area contributed by atoms with Crippen LogP contribution in [0.5, 0.6) is 5.75 Å². The lowest BCUT2D eigenvalue weighted by Crippen LogP contribution is -2.01. The minimum absolute atomic E-state index is 0.524. The molecule has 0 fully saturated rings. The van der Waals surface area contributed by atoms with Gasteiger partial charge in [-0.25, -0.2) is 4.98 Å². The van der Waals surface area contributed by atoms with E-state index in [0.717, 1.165) is 47.6 Å². The zero-order valence-corrected chi connectivity index (χ0v) is 22.5. The number of anilines is 1. The minimum atomic E-state index is 0.524. The van der Waals surface area contributed by atoms with Crippen molar-refractivity contribution in [1.29, 1.82) is 0 Å². The maximum atomic E-state index is 6.04. The first-order chi connectivity index (χ1) is 16.5. The molecule has 0 spiro atoms. The van der Waals surface area contributed by atoms with Crippen LogP contribution in [0, 0.1) is 6.92 Å². The molecule has 0 saturated heterocycles. The first-order valence-electron chi connectivity index (χ1n) is 10.9. The molecule has 0 amide bonds. The van der Waals surface area contributed by atoms with Gasteiger partial charge in [-0.1, -0.05) is 36.4 Å². The van der Waals surface area contributed by atoms with Crippen molar-refractivity contribution >= 4 is 59.1 Å². The molecule has 34 heavy (non-hydrogen) atoms. The molecule has 1 N–H and O–H groups in total. The third kappa shape index (κ3) is 5.35. The van der Waals surface area contributed by atoms with Crippen LogP contribution in [0.15, 0.2) is 93.9 Å². The van der Waals surface area contributed by atoms with Crippen LogP contribution < -0.4 is 10.1 Å². The highest BCUT2D eigenvalue weighted by Crippen LogP contribution is 2.36. The number of halogens is 2. The van der Waals surface area contributed by atoms with Gasteiger partial charge < -0.3 is 10.1 Å². The van der Waals surface area contributed by atoms with Crippen LogP contribution in [0.1, 0.15) is 16.7 Å². The average molecular weight is 594 g/mol. The van der Waals surface area contributed by atoms with Crippen molar-refractivity contribution in [3.8, 4) is 16.3 Å². The Bertz CT molecular complexity index is 1410. The van der Waals surface area contributed by atoms with E-state index in [1.165, 1.54) is 10.3 Å². The van der Waals surface area contributed by atoms with Gasteiger partial charge in [0.1, 0.15) is 17.4 Å². The maximum absolute atomic E-state index is 6.04. The van der Waals surface area contributed by atoms with E-state index in [0.29, 0.717) is 13.2 Å². The van der Waals surface area contributed by atoms with Crippen molar-refractivity contribution < 1.29 is 4.74 Å². The van der Waals surface area contributed by atoms with E-state index >= 15 is 0 Å². The number of nitrogens with zero attached hydrogens (tertiary/aromatic N) is 1. The molecule has 6 heteroatoms. The molecule has 0 radical (unpaired) electrons. The summed E-state index contributed by atoms with van der Waals surface area (Å²) in [6.07, 6.45) is 0. The van der Waals surface area contributed by atoms with Crippen LogP contribution in [0.25, 0.3) is 20.8 Å². The van der Waals surface area contributed by atoms with Crippen molar-refractivity contribution in [2.75, 3.05) is 5.32 Å². The molecule has 1 aromatic heterocycles. The monoisotopic (exact) mass is 592 g/mol. The zero-order chi connectivity index (χ0) is 23.5. The second-order valence-corrected chi connectivity index (χ2v) is 10.8. The fourth-order valence-corrected chi connectivity index (χ4v) is 6.25. The molecule has 0 aliphatic heterocycles. The quantitative estimate of drug-likeness (QED) is 0.204. The van der Waals surface area contributed by atoms with Crippen LogP contribution in [0.3, 0.4) is 0 Å². The minimum Gasteiger partial charge on any atom is -0.487 e. The van der Waals surface area contributed by atoms with Gasteiger partial charge in [0.05, 0.1) is 19.2 Å². The maximum Gasteiger partial charge on any atom is 0.148 e. The Morgan fingerprint density at radius 2 is 1.59 bits per heavy atom. The fraction of sp³-hybridized carbons (Fsp3) is 0.107. The van der Waals surface area contributed by atoms with Gasteiger partial charge in [0, 0.05) is 17.8 Å². The number of benzene rings is 4. The molecule has 170 valence electrons. The molecule has 3 nitrogen and oxygen atoms in total. The number of nitrogens with one attached hydrogen (secondary N) is 1. The van der Waals surface area contributed by atoms with E-state index in [9.17, 15) is 0 Å². The lowest BCUT2D eigenvalue weighted by molar-refractivity contribution is 0.302. The van der Waals surface area contributed by atoms with Gasteiger partial charge in [0.25, 0.3) is 0 Å². The first-order valence-corrected chi connectivity index (χ1v) is 13.3. The van der Waals surface area contributed by atoms with E-state index < -0.39 is 0 Å². The molecule has 0 bridgehead atoms. The SMILES string of the molecule is Cc1ccc2nc(-c3ccc(NCc4cc(Br)c(OCc5ccccc5)c(Br)c4)cc3)sc2c1. The third-order valence-corrected chi connectivity index (χ3v) is 7.70. The van der Waals surface area contributed by atoms with E-state index in [4.69, 9.17) is 9.72 Å². The largest absolute Gasteiger partial charge is 0.487 e. The molecule has 0 atom stereocenters. The summed E-state index contributed by atoms with van der Waals surface area (Å²) in [7, 11) is 0. The molecule has 5 rings (SSSR count). The smallest absolute Gasteiger partial charge is 0.148 e. The van der Waals surface area contributed by atoms with Gasteiger partial charge in [-0.3, -0.25) is 0 Å². The van der Waals surface area contributed by atoms with Gasteiger partial charge >= 0.3 is 0 Å². The third-order valence-electron chi connectivity index (χ3n) is 5.46. The Morgan fingerprint density at radius 1 is 0.853 bits per heavy atom. The Kier molecular flexibility index (Phi) is 6.99. The number of rotatable bonds is 7. The van der Waals surface area contributed by atoms with E-state index in [1.54, 1.807) is 11.3 Å². The molecule has 5 aromatic rings. The molecular weight excluding hydrogens is 572 g/mol. The number of ether oxygens (including phenoxy) is 1. The Hall–Kier alpha value is -2.67. The Morgan fingerprint density at radius 3 is 2.32 bits per heavy atom. The average Bonchev–Trinajstić information content (AvgIpc) is 3.26. The summed E-state index contributed by atoms with van der Waals surface area (Å²) >= 11 is 9.06. The normalized spacial score (nSPS) is 11.0. The van der Waals surface area contributed by atoms with Crippen molar-refractivity contribution in [3.63, 3.8) is 0 Å². The molecule has 0 aliphatic rings. The highest BCUT2D eigenvalue weighted by molar-refractivity contribution is 9.11. The van der Waals surface area contributed by atoms with Crippen molar-refractivity contribution in [1.82, 2.24) is 4.98 Å². The summed E-state index contributed by atoms with van der Waals surface area (Å²) in [5.74, 6) is 0.808. The summed E-state index contributed by atoms with van der Waals surface area (Å²) in [6.45, 7) is 3.34. The number of hydrogen-bond acceptors (Lipinski definition) is 4. The number of aromatic nitrogens is 1. The van der Waals surface area contributed by atoms with Gasteiger partial charge in [-0.05, 0) is 104 Å². The predicted molar refractivity (Wildman–Crippen MR) is 150 cm³/mol. The van der Waals surface area contributed by atoms with Gasteiger partial charge in [0.15, 0.2) is 0 Å². The highest BCUT2D eigenvalue weighted by Gasteiger charge is 2.10. The van der Waals surface area contributed by atoms with E-state index in [2.05, 4.69) is 111 Å².